The smallest absolute Gasteiger partial charge is 0.210 e. The molecule has 6 heteroatoms. The number of aryl methyl sites for hydroxylation is 1. The molecule has 96 valence electrons. The maximum Gasteiger partial charge on any atom is 0.224 e. The van der Waals surface area contributed by atoms with Crippen molar-refractivity contribution >= 4 is 56.5 Å². The van der Waals surface area contributed by atoms with E-state index >= 15 is 0 Å². The van der Waals surface area contributed by atoms with Gasteiger partial charge < -0.3 is 0 Å². The molecule has 0 aliphatic carbocycles. The number of halogens is 2. The summed E-state index contributed by atoms with van der Waals surface area (Å²) < 4.78 is 0. The van der Waals surface area contributed by atoms with E-state index in [2.05, 4.69) is 16.0 Å². The highest BCUT2D eigenvalue weighted by atomic mass is 35.5. The van der Waals surface area contributed by atoms with Gasteiger partial charge in [-0.15, -0.1) is 11.3 Å². The van der Waals surface area contributed by atoms with E-state index in [1.165, 1.54) is 16.6 Å². The summed E-state index contributed by atoms with van der Waals surface area (Å²) in [6.45, 7) is 2.05. The summed E-state index contributed by atoms with van der Waals surface area (Å²) in [6, 6.07) is 9.77. The summed E-state index contributed by atoms with van der Waals surface area (Å²) in [5, 5.41) is 2.84. The molecule has 0 spiro atoms. The molecule has 0 fully saturated rings. The molecule has 0 radical (unpaired) electrons. The lowest BCUT2D eigenvalue weighted by Crippen LogP contribution is -1.86. The zero-order valence-electron chi connectivity index (χ0n) is 9.85. The summed E-state index contributed by atoms with van der Waals surface area (Å²) in [6.07, 6.45) is 0. The maximum absolute atomic E-state index is 6.18. The van der Waals surface area contributed by atoms with Gasteiger partial charge in [0, 0.05) is 15.2 Å². The normalized spacial score (nSPS) is 11.1. The molecule has 2 heterocycles. The van der Waals surface area contributed by atoms with Gasteiger partial charge in [-0.25, -0.2) is 9.97 Å². The Kier molecular flexibility index (Phi) is 3.67. The van der Waals surface area contributed by atoms with Crippen molar-refractivity contribution in [2.45, 2.75) is 16.8 Å². The predicted octanol–water partition coefficient (Wildman–Crippen LogP) is 5.46. The average molecular weight is 327 g/mol. The van der Waals surface area contributed by atoms with Crippen molar-refractivity contribution in [2.24, 2.45) is 0 Å². The third kappa shape index (κ3) is 2.72. The fourth-order valence-corrected chi connectivity index (χ4v) is 4.08. The van der Waals surface area contributed by atoms with Crippen LogP contribution in [0.15, 0.2) is 40.3 Å². The van der Waals surface area contributed by atoms with E-state index in [-0.39, 0.29) is 5.28 Å². The molecule has 0 atom stereocenters. The molecule has 0 saturated heterocycles. The van der Waals surface area contributed by atoms with Crippen LogP contribution < -0.4 is 0 Å². The Labute approximate surface area is 128 Å². The van der Waals surface area contributed by atoms with Gasteiger partial charge in [0.1, 0.15) is 9.86 Å². The number of fused-ring (bicyclic) bond motifs is 1. The Morgan fingerprint density at radius 1 is 1.16 bits per heavy atom. The number of hydrogen-bond donors (Lipinski definition) is 0. The number of benzene rings is 1. The maximum atomic E-state index is 6.18. The fraction of sp³-hybridized carbons (Fsp3) is 0.0769. The summed E-state index contributed by atoms with van der Waals surface area (Å²) in [7, 11) is 0. The highest BCUT2D eigenvalue weighted by Gasteiger charge is 2.12. The van der Waals surface area contributed by atoms with Crippen LogP contribution in [-0.4, -0.2) is 9.97 Å². The quantitative estimate of drug-likeness (QED) is 0.462. The average Bonchev–Trinajstić information content (AvgIpc) is 2.72. The molecule has 2 nitrogen and oxygen atoms in total. The molecule has 3 rings (SSSR count). The fourth-order valence-electron chi connectivity index (χ4n) is 1.70. The van der Waals surface area contributed by atoms with Gasteiger partial charge in [0.2, 0.25) is 5.28 Å². The SMILES string of the molecule is Cc1cc2c(Sc3ccccc3Cl)nc(Cl)nc2s1. The van der Waals surface area contributed by atoms with Crippen LogP contribution >= 0.6 is 46.3 Å². The topological polar surface area (TPSA) is 25.8 Å². The summed E-state index contributed by atoms with van der Waals surface area (Å²) >= 11 is 15.3. The zero-order valence-corrected chi connectivity index (χ0v) is 13.0. The lowest BCUT2D eigenvalue weighted by atomic mass is 10.4. The van der Waals surface area contributed by atoms with Gasteiger partial charge in [-0.05, 0) is 36.7 Å². The van der Waals surface area contributed by atoms with Crippen LogP contribution in [0, 0.1) is 6.92 Å². The van der Waals surface area contributed by atoms with Gasteiger partial charge in [-0.1, -0.05) is 35.5 Å². The second-order valence-corrected chi connectivity index (χ2v) is 6.92. The molecule has 0 bridgehead atoms. The lowest BCUT2D eigenvalue weighted by molar-refractivity contribution is 1.11. The minimum absolute atomic E-state index is 0.268. The monoisotopic (exact) mass is 326 g/mol. The van der Waals surface area contributed by atoms with E-state index in [1.807, 2.05) is 31.2 Å². The van der Waals surface area contributed by atoms with E-state index < -0.39 is 0 Å². The Morgan fingerprint density at radius 2 is 1.95 bits per heavy atom. The highest BCUT2D eigenvalue weighted by molar-refractivity contribution is 7.99. The zero-order chi connectivity index (χ0) is 13.4. The van der Waals surface area contributed by atoms with Crippen LogP contribution in [0.3, 0.4) is 0 Å². The standard InChI is InChI=1S/C13H8Cl2N2S2/c1-7-6-8-11(18-7)16-13(15)17-12(8)19-10-5-3-2-4-9(10)14/h2-6H,1H3. The number of rotatable bonds is 2. The van der Waals surface area contributed by atoms with Crippen molar-refractivity contribution in [1.82, 2.24) is 9.97 Å². The van der Waals surface area contributed by atoms with Crippen LogP contribution in [0.2, 0.25) is 10.3 Å². The first kappa shape index (κ1) is 13.2. The van der Waals surface area contributed by atoms with Gasteiger partial charge in [0.05, 0.1) is 5.02 Å². The number of hydrogen-bond acceptors (Lipinski definition) is 4. The molecule has 0 aliphatic heterocycles. The summed E-state index contributed by atoms with van der Waals surface area (Å²) in [4.78, 5) is 11.6. The Hall–Kier alpha value is -0.810. The third-order valence-corrected chi connectivity index (χ3v) is 5.13. The van der Waals surface area contributed by atoms with Crippen LogP contribution in [-0.2, 0) is 0 Å². The van der Waals surface area contributed by atoms with Crippen molar-refractivity contribution in [3.8, 4) is 0 Å². The van der Waals surface area contributed by atoms with E-state index in [9.17, 15) is 0 Å². The van der Waals surface area contributed by atoms with Crippen molar-refractivity contribution in [3.63, 3.8) is 0 Å². The molecule has 0 N–H and O–H groups in total. The third-order valence-electron chi connectivity index (χ3n) is 2.50. The minimum Gasteiger partial charge on any atom is -0.210 e. The van der Waals surface area contributed by atoms with E-state index in [0.29, 0.717) is 5.02 Å². The molecular formula is C13H8Cl2N2S2. The Morgan fingerprint density at radius 3 is 2.74 bits per heavy atom. The number of nitrogens with zero attached hydrogens (tertiary/aromatic N) is 2. The van der Waals surface area contributed by atoms with Crippen LogP contribution in [0.5, 0.6) is 0 Å². The second kappa shape index (κ2) is 5.29. The van der Waals surface area contributed by atoms with Crippen LogP contribution in [0.1, 0.15) is 4.88 Å². The molecule has 19 heavy (non-hydrogen) atoms. The molecule has 2 aromatic heterocycles. The van der Waals surface area contributed by atoms with Gasteiger partial charge in [-0.3, -0.25) is 0 Å². The largest absolute Gasteiger partial charge is 0.224 e. The lowest BCUT2D eigenvalue weighted by Gasteiger charge is -2.04. The minimum atomic E-state index is 0.268. The molecule has 0 aliphatic rings. The Balaban J connectivity index is 2.12. The highest BCUT2D eigenvalue weighted by Crippen LogP contribution is 2.38. The second-order valence-electron chi connectivity index (χ2n) is 3.91. The molecular weight excluding hydrogens is 319 g/mol. The number of thiophene rings is 1. The van der Waals surface area contributed by atoms with Crippen LogP contribution in [0.4, 0.5) is 0 Å². The summed E-state index contributed by atoms with van der Waals surface area (Å²) in [5.74, 6) is 0. The van der Waals surface area contributed by atoms with Gasteiger partial charge in [0.15, 0.2) is 0 Å². The van der Waals surface area contributed by atoms with Crippen LogP contribution in [0.25, 0.3) is 10.2 Å². The molecule has 0 saturated carbocycles. The van der Waals surface area contributed by atoms with Crippen molar-refractivity contribution in [1.29, 1.82) is 0 Å². The van der Waals surface area contributed by atoms with Gasteiger partial charge in [-0.2, -0.15) is 0 Å². The predicted molar refractivity (Wildman–Crippen MR) is 82.7 cm³/mol. The van der Waals surface area contributed by atoms with Crippen molar-refractivity contribution in [2.75, 3.05) is 0 Å². The van der Waals surface area contributed by atoms with E-state index in [0.717, 1.165) is 20.1 Å². The first-order valence-electron chi connectivity index (χ1n) is 5.49. The van der Waals surface area contributed by atoms with Crippen molar-refractivity contribution in [3.05, 3.63) is 45.5 Å². The van der Waals surface area contributed by atoms with E-state index in [1.54, 1.807) is 11.3 Å². The Bertz CT molecular complexity index is 755. The van der Waals surface area contributed by atoms with Crippen molar-refractivity contribution < 1.29 is 0 Å². The van der Waals surface area contributed by atoms with Gasteiger partial charge in [0.25, 0.3) is 0 Å². The van der Waals surface area contributed by atoms with Gasteiger partial charge >= 0.3 is 0 Å². The number of aromatic nitrogens is 2. The first-order valence-corrected chi connectivity index (χ1v) is 7.88. The van der Waals surface area contributed by atoms with E-state index in [4.69, 9.17) is 23.2 Å². The molecule has 1 aromatic carbocycles. The summed E-state index contributed by atoms with van der Waals surface area (Å²) in [5.41, 5.74) is 0. The molecule has 0 unspecified atom stereocenters. The molecule has 0 amide bonds. The first-order chi connectivity index (χ1) is 9.13. The molecule has 3 aromatic rings.